The largest absolute Gasteiger partial charge is 0.531 e. The Morgan fingerprint density at radius 1 is 0.385 bits per heavy atom. The van der Waals surface area contributed by atoms with Gasteiger partial charge in [-0.15, -0.1) is 176 Å². The standard InChI is InChI=1S/3C19H16N.C17H12N.C12H10N.C6H9O.C5H8O2.4Ir/c1-14-8-10-18(15(2)12-14)19-11-9-17(13-20-19)16-6-4-3-5-7-16;2*1-14-10-15(2)12-18(11-14)19-9-8-17(13-20-19)16-6-4-3-5-7-16;1-3-7-14(8-4-1)16-11-12-17(18-13-16)15-9-5-2-6-10-15;1-10-6-5-9-13-12(10)11-7-3-2-4-8-11;1-5(2)4-6(3)7;1-4(6)3-5(2)7;;;;/h3-9,11-13H,1-2H3;2*3-11,13H,1-2H3;1-9,11-13H;2-7,9H,1H3;1,4,7H,2-3H3;3,6H,1-2H3;;;;/q6*-1;;;;;/i;;;1D,3D,4D,7D,8D;;;;;;;. The average molecular weight is 2140 g/mol. The predicted molar refractivity (Wildman–Crippen MR) is 434 cm³/mol. The van der Waals surface area contributed by atoms with Crippen molar-refractivity contribution in [1.29, 1.82) is 0 Å². The summed E-state index contributed by atoms with van der Waals surface area (Å²) < 4.78 is 39.1. The molecule has 0 spiro atoms. The van der Waals surface area contributed by atoms with Gasteiger partial charge in [0.05, 0.1) is 12.6 Å². The molecule has 560 valence electrons. The quantitative estimate of drug-likeness (QED) is 0.0568. The molecule has 9 aromatic carbocycles. The number of aryl methyl sites for hydroxylation is 7. The summed E-state index contributed by atoms with van der Waals surface area (Å²) in [5.41, 5.74) is 26.4. The molecule has 12 heteroatoms. The van der Waals surface area contributed by atoms with E-state index in [4.69, 9.17) is 23.6 Å². The summed E-state index contributed by atoms with van der Waals surface area (Å²) in [7, 11) is 0. The van der Waals surface area contributed by atoms with E-state index < -0.39 is 6.04 Å². The van der Waals surface area contributed by atoms with E-state index in [-0.39, 0.29) is 127 Å². The number of allylic oxidation sites excluding steroid dienone is 5. The van der Waals surface area contributed by atoms with Crippen LogP contribution in [0.4, 0.5) is 0 Å². The summed E-state index contributed by atoms with van der Waals surface area (Å²) in [6.07, 6.45) is 11.8. The van der Waals surface area contributed by atoms with E-state index in [1.54, 1.807) is 32.0 Å². The first-order valence-corrected chi connectivity index (χ1v) is 34.1. The van der Waals surface area contributed by atoms with Crippen molar-refractivity contribution in [2.75, 3.05) is 0 Å². The third-order valence-electron chi connectivity index (χ3n) is 15.4. The Hall–Kier alpha value is -10.2. The van der Waals surface area contributed by atoms with Gasteiger partial charge in [-0.2, -0.15) is 6.08 Å². The van der Waals surface area contributed by atoms with Gasteiger partial charge in [-0.1, -0.05) is 230 Å². The Balaban J connectivity index is 0.000000287. The van der Waals surface area contributed by atoms with Crippen LogP contribution >= 0.6 is 0 Å². The van der Waals surface area contributed by atoms with Crippen LogP contribution < -0.4 is 0 Å². The fourth-order valence-electron chi connectivity index (χ4n) is 10.7. The van der Waals surface area contributed by atoms with Gasteiger partial charge in [0.2, 0.25) is 0 Å². The summed E-state index contributed by atoms with van der Waals surface area (Å²) in [5.74, 6) is 0.188. The summed E-state index contributed by atoms with van der Waals surface area (Å²) in [6, 6.07) is 93.6. The maximum atomic E-state index is 10.0. The number of carbonyl (C=O) groups is 1. The molecule has 2 N–H and O–H groups in total. The van der Waals surface area contributed by atoms with Gasteiger partial charge in [0.1, 0.15) is 0 Å². The van der Waals surface area contributed by atoms with E-state index in [1.165, 1.54) is 76.7 Å². The number of rotatable bonds is 11. The number of nitrogens with zero attached hydrogens (tertiary/aromatic N) is 5. The Labute approximate surface area is 706 Å². The molecule has 4 radical (unpaired) electrons. The summed E-state index contributed by atoms with van der Waals surface area (Å²) in [5, 5.41) is 16.8. The van der Waals surface area contributed by atoms with Crippen molar-refractivity contribution in [2.24, 2.45) is 0 Å². The van der Waals surface area contributed by atoms with Crippen LogP contribution in [0.15, 0.2) is 327 Å². The minimum atomic E-state index is -0.396. The van der Waals surface area contributed by atoms with E-state index in [9.17, 15) is 4.79 Å². The van der Waals surface area contributed by atoms with Crippen LogP contribution in [0.2, 0.25) is 0 Å². The van der Waals surface area contributed by atoms with Gasteiger partial charge in [0.15, 0.2) is 5.78 Å². The summed E-state index contributed by atoms with van der Waals surface area (Å²) in [4.78, 5) is 32.4. The maximum absolute atomic E-state index is 10.0. The van der Waals surface area contributed by atoms with E-state index >= 15 is 0 Å². The van der Waals surface area contributed by atoms with Crippen LogP contribution in [0.1, 0.15) is 73.5 Å². The average Bonchev–Trinajstić information content (AvgIpc) is 0.777. The molecule has 14 rings (SSSR count). The van der Waals surface area contributed by atoms with Crippen molar-refractivity contribution >= 4 is 5.78 Å². The molecule has 0 saturated heterocycles. The van der Waals surface area contributed by atoms with Crippen LogP contribution in [0.5, 0.6) is 0 Å². The van der Waals surface area contributed by atoms with Gasteiger partial charge >= 0.3 is 0 Å². The number of aliphatic hydroxyl groups excluding tert-OH is 2. The second-order valence-corrected chi connectivity index (χ2v) is 24.7. The Morgan fingerprint density at radius 3 is 1.13 bits per heavy atom. The molecule has 0 saturated carbocycles. The molecule has 14 aromatic rings. The van der Waals surface area contributed by atoms with Crippen molar-refractivity contribution < 1.29 is 102 Å². The molecule has 5 heterocycles. The maximum Gasteiger partial charge on any atom is 0.155 e. The minimum Gasteiger partial charge on any atom is -0.531 e. The first-order valence-electron chi connectivity index (χ1n) is 36.6. The monoisotopic (exact) mass is 2150 g/mol. The Kier molecular flexibility index (Phi) is 36.7. The molecular formula is C97H87Ir4N5O3-6. The first kappa shape index (κ1) is 82.9. The zero-order valence-corrected chi connectivity index (χ0v) is 72.1. The molecule has 0 aliphatic rings. The molecule has 0 aliphatic carbocycles. The third-order valence-corrected chi connectivity index (χ3v) is 15.4. The van der Waals surface area contributed by atoms with Crippen LogP contribution in [0.3, 0.4) is 0 Å². The van der Waals surface area contributed by atoms with Crippen molar-refractivity contribution in [2.45, 2.75) is 76.2 Å². The zero-order chi connectivity index (χ0) is 79.2. The van der Waals surface area contributed by atoms with Gasteiger partial charge < -0.3 is 35.1 Å². The second-order valence-electron chi connectivity index (χ2n) is 24.7. The topological polar surface area (TPSA) is 122 Å². The number of benzene rings is 9. The normalized spacial score (nSPS) is 10.8. The number of aliphatic hydroxyl groups is 2. The van der Waals surface area contributed by atoms with Crippen LogP contribution in [-0.4, -0.2) is 40.9 Å². The van der Waals surface area contributed by atoms with E-state index in [0.717, 1.165) is 78.4 Å². The van der Waals surface area contributed by atoms with Gasteiger partial charge in [-0.3, -0.25) is 11.4 Å². The molecule has 8 nitrogen and oxygen atoms in total. The molecular weight excluding hydrogens is 2050 g/mol. The minimum absolute atomic E-state index is 0. The molecule has 0 aliphatic heterocycles. The fourth-order valence-corrected chi connectivity index (χ4v) is 10.7. The van der Waals surface area contributed by atoms with E-state index in [0.29, 0.717) is 16.8 Å². The Morgan fingerprint density at radius 2 is 0.789 bits per heavy atom. The molecule has 5 aromatic heterocycles. The van der Waals surface area contributed by atoms with Crippen molar-refractivity contribution in [1.82, 2.24) is 24.9 Å². The molecule has 0 bridgehead atoms. The number of carbonyl (C=O) groups excluding carboxylic acids is 1. The van der Waals surface area contributed by atoms with Crippen LogP contribution in [-0.2, 0) is 85.2 Å². The van der Waals surface area contributed by atoms with Crippen molar-refractivity contribution in [3.63, 3.8) is 0 Å². The SMILES string of the molecule is CC(=O)C=C(C)O.Cc1[c-]c(-c2ccc(-c3ccccc3)cn2)cc(C)c1.Cc1[c-]c(-c2ccc(-c3ccccc3)cn2)cc(C)c1.Cc1c[c-]c(-c2ccc(-c3ccccc3)cn2)c(C)c1.Cc1cccnc1-c1[c-]cccc1.[2H]c1c([2H])c([2H])c(-c2ccc(-c3[c-]cccc3)nc2)c([2H])c1[2H].[CH-]=C(C)C=C(C)O.[Ir].[Ir].[Ir].[Ir]. The number of hydrogen-bond acceptors (Lipinski definition) is 8. The molecule has 0 unspecified atom stereocenters. The molecule has 0 fully saturated rings. The Bertz CT molecular complexity index is 5170. The van der Waals surface area contributed by atoms with Gasteiger partial charge in [0.25, 0.3) is 0 Å². The van der Waals surface area contributed by atoms with E-state index in [1.807, 2.05) is 134 Å². The number of pyridine rings is 5. The third kappa shape index (κ3) is 31.1. The van der Waals surface area contributed by atoms with Gasteiger partial charge in [-0.25, -0.2) is 5.57 Å². The zero-order valence-electron chi connectivity index (χ0n) is 67.5. The van der Waals surface area contributed by atoms with Crippen molar-refractivity contribution in [3.05, 3.63) is 403 Å². The van der Waals surface area contributed by atoms with Gasteiger partial charge in [-0.05, 0) is 107 Å². The number of aromatic nitrogens is 5. The number of hydrogen-bond donors (Lipinski definition) is 2. The molecule has 0 amide bonds. The van der Waals surface area contributed by atoms with Crippen LogP contribution in [0, 0.1) is 85.4 Å². The fraction of sp³-hybridized carbons (Fsp3) is 0.113. The van der Waals surface area contributed by atoms with Crippen molar-refractivity contribution in [3.8, 4) is 101 Å². The number of ketones is 1. The summed E-state index contributed by atoms with van der Waals surface area (Å²) in [6.45, 7) is 25.9. The van der Waals surface area contributed by atoms with E-state index in [2.05, 4.69) is 213 Å². The molecule has 109 heavy (non-hydrogen) atoms. The second kappa shape index (κ2) is 48.3. The predicted octanol–water partition coefficient (Wildman–Crippen LogP) is 24.4. The first-order chi connectivity index (χ1) is 52.8. The summed E-state index contributed by atoms with van der Waals surface area (Å²) >= 11 is 0. The van der Waals surface area contributed by atoms with Crippen LogP contribution in [0.25, 0.3) is 101 Å². The molecule has 0 atom stereocenters. The van der Waals surface area contributed by atoms with Gasteiger partial charge in [0, 0.05) is 123 Å². The smallest absolute Gasteiger partial charge is 0.155 e.